The van der Waals surface area contributed by atoms with Gasteiger partial charge in [0.15, 0.2) is 0 Å². The highest BCUT2D eigenvalue weighted by atomic mass is 16.3. The number of hydrogen-bond donors (Lipinski definition) is 3. The SMILES string of the molecule is C[C@@H]1CC[C@@H](C2CCC(O)C2)N(C(=O)C(=O)Nc2cncc(C(N)=O)c2)C1. The number of primary amides is 1. The van der Waals surface area contributed by atoms with Gasteiger partial charge in [-0.2, -0.15) is 0 Å². The van der Waals surface area contributed by atoms with Crippen molar-refractivity contribution in [1.82, 2.24) is 9.88 Å². The summed E-state index contributed by atoms with van der Waals surface area (Å²) in [6.07, 6.45) is 6.49. The van der Waals surface area contributed by atoms with Crippen LogP contribution in [0.15, 0.2) is 18.5 Å². The van der Waals surface area contributed by atoms with Crippen LogP contribution in [0.25, 0.3) is 0 Å². The van der Waals surface area contributed by atoms with Gasteiger partial charge in [0.05, 0.1) is 23.6 Å². The van der Waals surface area contributed by atoms with Crippen LogP contribution in [0.2, 0.25) is 0 Å². The van der Waals surface area contributed by atoms with Crippen LogP contribution in [0, 0.1) is 11.8 Å². The van der Waals surface area contributed by atoms with Crippen molar-refractivity contribution in [2.75, 3.05) is 11.9 Å². The molecule has 0 aromatic carbocycles. The van der Waals surface area contributed by atoms with Gasteiger partial charge in [0, 0.05) is 18.8 Å². The van der Waals surface area contributed by atoms with E-state index in [-0.39, 0.29) is 29.3 Å². The molecule has 2 aliphatic rings. The molecule has 1 aromatic rings. The molecule has 0 bridgehead atoms. The summed E-state index contributed by atoms with van der Waals surface area (Å²) in [5.74, 6) is -1.45. The minimum Gasteiger partial charge on any atom is -0.393 e. The van der Waals surface area contributed by atoms with Crippen LogP contribution in [-0.4, -0.2) is 51.4 Å². The summed E-state index contributed by atoms with van der Waals surface area (Å²) >= 11 is 0. The second-order valence-electron chi connectivity index (χ2n) is 7.72. The van der Waals surface area contributed by atoms with Crippen molar-refractivity contribution in [2.24, 2.45) is 17.6 Å². The van der Waals surface area contributed by atoms with Crippen molar-refractivity contribution in [3.63, 3.8) is 0 Å². The molecule has 8 nitrogen and oxygen atoms in total. The summed E-state index contributed by atoms with van der Waals surface area (Å²) in [7, 11) is 0. The van der Waals surface area contributed by atoms with Crippen molar-refractivity contribution >= 4 is 23.4 Å². The predicted molar refractivity (Wildman–Crippen MR) is 98.6 cm³/mol. The average Bonchev–Trinajstić information content (AvgIpc) is 3.07. The largest absolute Gasteiger partial charge is 0.393 e. The number of rotatable bonds is 3. The lowest BCUT2D eigenvalue weighted by Gasteiger charge is -2.41. The number of aliphatic hydroxyl groups is 1. The number of carbonyl (C=O) groups excluding carboxylic acids is 3. The Hall–Kier alpha value is -2.48. The standard InChI is InChI=1S/C19H26N4O4/c1-11-2-5-16(12-3-4-15(24)7-12)23(10-11)19(27)18(26)22-14-6-13(17(20)25)8-21-9-14/h6,8-9,11-12,15-16,24H,2-5,7,10H2,1H3,(H2,20,25)(H,22,26)/t11-,12?,15?,16+/m1/s1. The van der Waals surface area contributed by atoms with Gasteiger partial charge in [-0.25, -0.2) is 0 Å². The quantitative estimate of drug-likeness (QED) is 0.678. The number of hydrogen-bond acceptors (Lipinski definition) is 5. The fourth-order valence-electron chi connectivity index (χ4n) is 4.20. The van der Waals surface area contributed by atoms with Crippen molar-refractivity contribution in [3.05, 3.63) is 24.0 Å². The van der Waals surface area contributed by atoms with E-state index in [1.54, 1.807) is 4.90 Å². The molecule has 27 heavy (non-hydrogen) atoms. The van der Waals surface area contributed by atoms with Crippen molar-refractivity contribution in [1.29, 1.82) is 0 Å². The second-order valence-corrected chi connectivity index (χ2v) is 7.72. The van der Waals surface area contributed by atoms with E-state index in [1.165, 1.54) is 18.5 Å². The molecule has 0 spiro atoms. The van der Waals surface area contributed by atoms with E-state index >= 15 is 0 Å². The molecule has 2 fully saturated rings. The van der Waals surface area contributed by atoms with Crippen molar-refractivity contribution in [2.45, 2.75) is 51.2 Å². The maximum atomic E-state index is 12.9. The number of aromatic nitrogens is 1. The first kappa shape index (κ1) is 19.3. The topological polar surface area (TPSA) is 126 Å². The van der Waals surface area contributed by atoms with Crippen molar-refractivity contribution in [3.8, 4) is 0 Å². The van der Waals surface area contributed by atoms with Gasteiger partial charge in [-0.15, -0.1) is 0 Å². The number of piperidine rings is 1. The minimum atomic E-state index is -0.754. The molecule has 146 valence electrons. The Bertz CT molecular complexity index is 738. The molecule has 0 radical (unpaired) electrons. The molecule has 4 N–H and O–H groups in total. The fourth-order valence-corrected chi connectivity index (χ4v) is 4.20. The Morgan fingerprint density at radius 1 is 1.22 bits per heavy atom. The molecule has 4 atom stereocenters. The Balaban J connectivity index is 1.72. The minimum absolute atomic E-state index is 0.0216. The first-order valence-corrected chi connectivity index (χ1v) is 9.40. The summed E-state index contributed by atoms with van der Waals surface area (Å²) in [4.78, 5) is 42.2. The number of likely N-dealkylation sites (tertiary alicyclic amines) is 1. The zero-order valence-electron chi connectivity index (χ0n) is 15.4. The lowest BCUT2D eigenvalue weighted by atomic mass is 9.85. The number of aliphatic hydroxyl groups excluding tert-OH is 1. The number of pyridine rings is 1. The van der Waals surface area contributed by atoms with E-state index in [9.17, 15) is 19.5 Å². The van der Waals surface area contributed by atoms with Gasteiger partial charge in [0.1, 0.15) is 0 Å². The molecule has 2 heterocycles. The monoisotopic (exact) mass is 374 g/mol. The van der Waals surface area contributed by atoms with Gasteiger partial charge in [-0.3, -0.25) is 19.4 Å². The second kappa shape index (κ2) is 8.04. The van der Waals surface area contributed by atoms with Crippen LogP contribution >= 0.6 is 0 Å². The molecule has 1 aliphatic carbocycles. The molecular weight excluding hydrogens is 348 g/mol. The van der Waals surface area contributed by atoms with E-state index in [4.69, 9.17) is 5.73 Å². The third-order valence-electron chi connectivity index (χ3n) is 5.59. The Kier molecular flexibility index (Phi) is 5.74. The summed E-state index contributed by atoms with van der Waals surface area (Å²) in [5.41, 5.74) is 5.63. The molecule has 2 unspecified atom stereocenters. The van der Waals surface area contributed by atoms with E-state index in [1.807, 2.05) is 0 Å². The molecular formula is C19H26N4O4. The molecule has 1 aromatic heterocycles. The van der Waals surface area contributed by atoms with Crippen LogP contribution < -0.4 is 11.1 Å². The predicted octanol–water partition coefficient (Wildman–Crippen LogP) is 0.907. The summed E-state index contributed by atoms with van der Waals surface area (Å²) in [5, 5.41) is 12.4. The Morgan fingerprint density at radius 3 is 2.67 bits per heavy atom. The van der Waals surface area contributed by atoms with E-state index in [0.717, 1.165) is 25.7 Å². The summed E-state index contributed by atoms with van der Waals surface area (Å²) < 4.78 is 0. The zero-order chi connectivity index (χ0) is 19.6. The van der Waals surface area contributed by atoms with Crippen LogP contribution in [0.5, 0.6) is 0 Å². The average molecular weight is 374 g/mol. The fraction of sp³-hybridized carbons (Fsp3) is 0.579. The first-order valence-electron chi connectivity index (χ1n) is 9.40. The Morgan fingerprint density at radius 2 is 2.00 bits per heavy atom. The van der Waals surface area contributed by atoms with Crippen LogP contribution in [0.4, 0.5) is 5.69 Å². The maximum absolute atomic E-state index is 12.9. The molecule has 1 saturated heterocycles. The summed E-state index contributed by atoms with van der Waals surface area (Å²) in [6.45, 7) is 2.60. The maximum Gasteiger partial charge on any atom is 0.313 e. The Labute approximate surface area is 158 Å². The highest BCUT2D eigenvalue weighted by Crippen LogP contribution is 2.36. The van der Waals surface area contributed by atoms with Crippen molar-refractivity contribution < 1.29 is 19.5 Å². The number of anilines is 1. The number of nitrogens with one attached hydrogen (secondary N) is 1. The molecule has 3 rings (SSSR count). The van der Waals surface area contributed by atoms with E-state index in [2.05, 4.69) is 17.2 Å². The van der Waals surface area contributed by atoms with Crippen LogP contribution in [-0.2, 0) is 9.59 Å². The number of nitrogens with two attached hydrogens (primary N) is 1. The third kappa shape index (κ3) is 4.44. The molecule has 8 heteroatoms. The van der Waals surface area contributed by atoms with Crippen LogP contribution in [0.1, 0.15) is 49.4 Å². The number of nitrogens with zero attached hydrogens (tertiary/aromatic N) is 2. The normalized spacial score (nSPS) is 28.0. The smallest absolute Gasteiger partial charge is 0.313 e. The van der Waals surface area contributed by atoms with Gasteiger partial charge < -0.3 is 21.1 Å². The first-order chi connectivity index (χ1) is 12.8. The highest BCUT2D eigenvalue weighted by molar-refractivity contribution is 6.39. The zero-order valence-corrected chi connectivity index (χ0v) is 15.4. The number of amides is 3. The molecule has 1 saturated carbocycles. The van der Waals surface area contributed by atoms with Crippen LogP contribution in [0.3, 0.4) is 0 Å². The van der Waals surface area contributed by atoms with E-state index in [0.29, 0.717) is 18.9 Å². The van der Waals surface area contributed by atoms with Gasteiger partial charge in [0.25, 0.3) is 0 Å². The molecule has 1 aliphatic heterocycles. The molecule has 3 amide bonds. The van der Waals surface area contributed by atoms with Gasteiger partial charge in [-0.05, 0) is 50.0 Å². The lowest BCUT2D eigenvalue weighted by molar-refractivity contribution is -0.147. The lowest BCUT2D eigenvalue weighted by Crippen LogP contribution is -2.52. The van der Waals surface area contributed by atoms with Gasteiger partial charge in [-0.1, -0.05) is 6.92 Å². The van der Waals surface area contributed by atoms with E-state index < -0.39 is 17.7 Å². The number of carbonyl (C=O) groups is 3. The third-order valence-corrected chi connectivity index (χ3v) is 5.59. The highest BCUT2D eigenvalue weighted by Gasteiger charge is 2.40. The van der Waals surface area contributed by atoms with Gasteiger partial charge in [0.2, 0.25) is 5.91 Å². The summed E-state index contributed by atoms with van der Waals surface area (Å²) in [6, 6.07) is 1.37. The van der Waals surface area contributed by atoms with Gasteiger partial charge >= 0.3 is 11.8 Å².